The van der Waals surface area contributed by atoms with E-state index < -0.39 is 30.2 Å². The maximum absolute atomic E-state index is 14.8. The molecule has 1 aliphatic rings. The summed E-state index contributed by atoms with van der Waals surface area (Å²) in [7, 11) is 0. The first kappa shape index (κ1) is 15.2. The van der Waals surface area contributed by atoms with Crippen molar-refractivity contribution in [3.8, 4) is 6.07 Å². The minimum Gasteiger partial charge on any atom is -0.408 e. The molecule has 0 aromatic carbocycles. The average molecular weight is 299 g/mol. The number of halogens is 1. The topological polar surface area (TPSA) is 150 Å². The molecular formula is C11H14FN5O4. The molecule has 9 nitrogen and oxygen atoms in total. The number of anilines is 1. The molecule has 2 rings (SSSR count). The highest BCUT2D eigenvalue weighted by molar-refractivity contribution is 5.24. The standard InChI is InChI=1S/C11H14FN5O4/c1-10(12)7(19)11(4-13,5-18)21-8(10)17-3-2-6(14)15-9(17)16-20/h2-3,7-8,18-20H,5H2,1H3,(H2,14,15,16)/t7-,8+,10+,11+/m0/s1. The van der Waals surface area contributed by atoms with Crippen molar-refractivity contribution in [2.75, 3.05) is 12.3 Å². The predicted molar refractivity (Wildman–Crippen MR) is 65.1 cm³/mol. The molecule has 4 atom stereocenters. The SMILES string of the molecule is C[C@]1(F)[C@H](n2ccc(N)n/c2=N\O)O[C@](C#N)(CO)[C@H]1O. The number of nitrogens with zero attached hydrogens (tertiary/aromatic N) is 4. The molecule has 10 heteroatoms. The zero-order valence-electron chi connectivity index (χ0n) is 11.0. The normalized spacial score (nSPS) is 36.6. The fourth-order valence-corrected chi connectivity index (χ4v) is 2.24. The molecule has 1 saturated heterocycles. The number of nitrogens with two attached hydrogens (primary N) is 1. The van der Waals surface area contributed by atoms with E-state index in [9.17, 15) is 14.6 Å². The summed E-state index contributed by atoms with van der Waals surface area (Å²) in [5.74, 6) is 0.0202. The summed E-state index contributed by atoms with van der Waals surface area (Å²) in [6.45, 7) is 0.0941. The van der Waals surface area contributed by atoms with Crippen molar-refractivity contribution < 1.29 is 24.5 Å². The number of nitrogen functional groups attached to an aromatic ring is 1. The molecule has 0 radical (unpaired) electrons. The minimum absolute atomic E-state index is 0.0202. The first-order chi connectivity index (χ1) is 9.82. The molecule has 0 unspecified atom stereocenters. The number of aromatic nitrogens is 2. The Balaban J connectivity index is 2.59. The first-order valence-corrected chi connectivity index (χ1v) is 5.92. The summed E-state index contributed by atoms with van der Waals surface area (Å²) >= 11 is 0. The predicted octanol–water partition coefficient (Wildman–Crippen LogP) is -1.37. The van der Waals surface area contributed by atoms with Gasteiger partial charge in [0.2, 0.25) is 5.60 Å². The Hall–Kier alpha value is -2.22. The molecule has 0 amide bonds. The molecule has 1 aliphatic heterocycles. The number of hydrogen-bond donors (Lipinski definition) is 4. The van der Waals surface area contributed by atoms with E-state index in [0.29, 0.717) is 0 Å². The summed E-state index contributed by atoms with van der Waals surface area (Å²) < 4.78 is 21.0. The number of hydrogen-bond acceptors (Lipinski definition) is 8. The smallest absolute Gasteiger partial charge is 0.270 e. The van der Waals surface area contributed by atoms with Gasteiger partial charge in [-0.1, -0.05) is 0 Å². The zero-order chi connectivity index (χ0) is 15.8. The highest BCUT2D eigenvalue weighted by atomic mass is 19.1. The minimum atomic E-state index is -2.44. The second-order valence-corrected chi connectivity index (χ2v) is 4.84. The third kappa shape index (κ3) is 2.11. The molecule has 21 heavy (non-hydrogen) atoms. The fraction of sp³-hybridized carbons (Fsp3) is 0.545. The van der Waals surface area contributed by atoms with Crippen molar-refractivity contribution in [3.05, 3.63) is 17.9 Å². The lowest BCUT2D eigenvalue weighted by Crippen LogP contribution is -2.48. The molecule has 1 fully saturated rings. The largest absolute Gasteiger partial charge is 0.408 e. The summed E-state index contributed by atoms with van der Waals surface area (Å²) in [4.78, 5) is 3.68. The Bertz CT molecular complexity index is 655. The van der Waals surface area contributed by atoms with Crippen molar-refractivity contribution in [3.63, 3.8) is 0 Å². The van der Waals surface area contributed by atoms with E-state index in [1.807, 2.05) is 0 Å². The number of aliphatic hydroxyl groups excluding tert-OH is 2. The Morgan fingerprint density at radius 2 is 2.38 bits per heavy atom. The van der Waals surface area contributed by atoms with Gasteiger partial charge in [-0.15, -0.1) is 0 Å². The van der Waals surface area contributed by atoms with Gasteiger partial charge in [0.05, 0.1) is 6.61 Å². The molecule has 0 saturated carbocycles. The lowest BCUT2D eigenvalue weighted by molar-refractivity contribution is -0.0969. The first-order valence-electron chi connectivity index (χ1n) is 5.92. The van der Waals surface area contributed by atoms with Crippen LogP contribution >= 0.6 is 0 Å². The number of alkyl halides is 1. The van der Waals surface area contributed by atoms with Crippen molar-refractivity contribution in [1.29, 1.82) is 5.26 Å². The lowest BCUT2D eigenvalue weighted by Gasteiger charge is -2.25. The van der Waals surface area contributed by atoms with Crippen LogP contribution in [-0.4, -0.2) is 49.0 Å². The second kappa shape index (κ2) is 4.96. The average Bonchev–Trinajstić information content (AvgIpc) is 2.68. The highest BCUT2D eigenvalue weighted by Crippen LogP contribution is 2.45. The lowest BCUT2D eigenvalue weighted by atomic mass is 9.90. The second-order valence-electron chi connectivity index (χ2n) is 4.84. The van der Waals surface area contributed by atoms with Gasteiger partial charge in [-0.2, -0.15) is 10.2 Å². The van der Waals surface area contributed by atoms with Gasteiger partial charge in [-0.25, -0.2) is 4.39 Å². The van der Waals surface area contributed by atoms with Crippen LogP contribution in [0.15, 0.2) is 17.4 Å². The summed E-state index contributed by atoms with van der Waals surface area (Å²) in [6, 6.07) is 2.86. The highest BCUT2D eigenvalue weighted by Gasteiger charge is 2.63. The molecule has 114 valence electrons. The van der Waals surface area contributed by atoms with Crippen molar-refractivity contribution in [2.24, 2.45) is 5.16 Å². The van der Waals surface area contributed by atoms with Gasteiger partial charge < -0.3 is 25.9 Å². The van der Waals surface area contributed by atoms with Crippen LogP contribution in [0.1, 0.15) is 13.2 Å². The van der Waals surface area contributed by atoms with Crippen molar-refractivity contribution in [1.82, 2.24) is 9.55 Å². The summed E-state index contributed by atoms with van der Waals surface area (Å²) in [5.41, 5.74) is 0.484. The monoisotopic (exact) mass is 299 g/mol. The van der Waals surface area contributed by atoms with E-state index in [1.54, 1.807) is 6.07 Å². The van der Waals surface area contributed by atoms with Crippen LogP contribution in [0.2, 0.25) is 0 Å². The molecular weight excluding hydrogens is 285 g/mol. The van der Waals surface area contributed by atoms with E-state index in [-0.39, 0.29) is 11.4 Å². The summed E-state index contributed by atoms with van der Waals surface area (Å²) in [6.07, 6.45) is -2.22. The Morgan fingerprint density at radius 3 is 2.86 bits per heavy atom. The Morgan fingerprint density at radius 1 is 1.71 bits per heavy atom. The van der Waals surface area contributed by atoms with Gasteiger partial charge in [0.25, 0.3) is 5.62 Å². The van der Waals surface area contributed by atoms with E-state index in [1.165, 1.54) is 12.3 Å². The molecule has 2 heterocycles. The van der Waals surface area contributed by atoms with Crippen LogP contribution in [0.25, 0.3) is 0 Å². The molecule has 1 aromatic rings. The van der Waals surface area contributed by atoms with Gasteiger partial charge in [-0.3, -0.25) is 4.57 Å². The van der Waals surface area contributed by atoms with Gasteiger partial charge in [0.15, 0.2) is 11.9 Å². The molecule has 5 N–H and O–H groups in total. The van der Waals surface area contributed by atoms with Crippen LogP contribution in [0, 0.1) is 11.3 Å². The van der Waals surface area contributed by atoms with Gasteiger partial charge in [-0.05, 0) is 18.1 Å². The van der Waals surface area contributed by atoms with Crippen LogP contribution in [0.3, 0.4) is 0 Å². The summed E-state index contributed by atoms with van der Waals surface area (Å²) in [5, 5.41) is 40.1. The van der Waals surface area contributed by atoms with Crippen LogP contribution < -0.4 is 11.4 Å². The number of rotatable bonds is 2. The van der Waals surface area contributed by atoms with Crippen LogP contribution in [0.5, 0.6) is 0 Å². The van der Waals surface area contributed by atoms with E-state index >= 15 is 0 Å². The molecule has 0 aliphatic carbocycles. The third-order valence-electron chi connectivity index (χ3n) is 3.41. The molecule has 0 bridgehead atoms. The van der Waals surface area contributed by atoms with Gasteiger partial charge in [0, 0.05) is 6.20 Å². The maximum Gasteiger partial charge on any atom is 0.270 e. The molecule has 0 spiro atoms. The van der Waals surface area contributed by atoms with Gasteiger partial charge >= 0.3 is 0 Å². The fourth-order valence-electron chi connectivity index (χ4n) is 2.24. The van der Waals surface area contributed by atoms with E-state index in [4.69, 9.17) is 20.9 Å². The maximum atomic E-state index is 14.8. The number of ether oxygens (including phenoxy) is 1. The van der Waals surface area contributed by atoms with Crippen LogP contribution in [-0.2, 0) is 4.74 Å². The van der Waals surface area contributed by atoms with Crippen molar-refractivity contribution in [2.45, 2.75) is 30.5 Å². The van der Waals surface area contributed by atoms with Gasteiger partial charge in [0.1, 0.15) is 18.0 Å². The quantitative estimate of drug-likeness (QED) is 0.388. The van der Waals surface area contributed by atoms with Crippen LogP contribution in [0.4, 0.5) is 10.2 Å². The van der Waals surface area contributed by atoms with Crippen molar-refractivity contribution >= 4 is 5.82 Å². The Labute approximate surface area is 118 Å². The number of nitriles is 1. The number of aliphatic hydroxyl groups is 2. The third-order valence-corrected chi connectivity index (χ3v) is 3.41. The molecule has 1 aromatic heterocycles. The van der Waals surface area contributed by atoms with E-state index in [0.717, 1.165) is 11.5 Å². The Kier molecular flexibility index (Phi) is 3.58. The zero-order valence-corrected chi connectivity index (χ0v) is 11.0. The van der Waals surface area contributed by atoms with E-state index in [2.05, 4.69) is 10.1 Å².